The van der Waals surface area contributed by atoms with Gasteiger partial charge in [-0.05, 0) is 17.7 Å². The second kappa shape index (κ2) is 3.90. The second-order valence-corrected chi connectivity index (χ2v) is 4.29. The van der Waals surface area contributed by atoms with E-state index in [1.807, 2.05) is 5.32 Å². The van der Waals surface area contributed by atoms with Crippen LogP contribution in [0.4, 0.5) is 22.4 Å². The first-order valence-corrected chi connectivity index (χ1v) is 5.48. The van der Waals surface area contributed by atoms with Crippen molar-refractivity contribution < 1.29 is 36.6 Å². The molecule has 2 aliphatic rings. The third-order valence-corrected chi connectivity index (χ3v) is 2.84. The van der Waals surface area contributed by atoms with Gasteiger partial charge in [0.2, 0.25) is 0 Å². The van der Waals surface area contributed by atoms with E-state index < -0.39 is 31.0 Å². The Morgan fingerprint density at radius 2 is 1.85 bits per heavy atom. The fraction of sp³-hybridized carbons (Fsp3) is 0.364. The van der Waals surface area contributed by atoms with Gasteiger partial charge in [0.15, 0.2) is 18.1 Å². The highest BCUT2D eigenvalue weighted by Crippen LogP contribution is 2.44. The van der Waals surface area contributed by atoms with Crippen LogP contribution in [0.15, 0.2) is 18.2 Å². The molecule has 0 unspecified atom stereocenters. The van der Waals surface area contributed by atoms with E-state index in [4.69, 9.17) is 0 Å². The van der Waals surface area contributed by atoms with Crippen LogP contribution in [0.2, 0.25) is 0 Å². The lowest BCUT2D eigenvalue weighted by Crippen LogP contribution is -2.49. The van der Waals surface area contributed by atoms with Crippen LogP contribution in [0.1, 0.15) is 11.6 Å². The van der Waals surface area contributed by atoms with E-state index in [9.17, 15) is 22.4 Å². The van der Waals surface area contributed by atoms with Crippen molar-refractivity contribution in [3.05, 3.63) is 23.8 Å². The van der Waals surface area contributed by atoms with Crippen molar-refractivity contribution in [3.63, 3.8) is 0 Å². The van der Waals surface area contributed by atoms with Crippen molar-refractivity contribution in [2.45, 2.75) is 18.3 Å². The lowest BCUT2D eigenvalue weighted by Gasteiger charge is -2.31. The Hall–Kier alpha value is -2.19. The van der Waals surface area contributed by atoms with Gasteiger partial charge in [-0.25, -0.2) is 13.6 Å². The summed E-state index contributed by atoms with van der Waals surface area (Å²) in [6.45, 7) is -1.09. The predicted octanol–water partition coefficient (Wildman–Crippen LogP) is 2.42. The van der Waals surface area contributed by atoms with Crippen LogP contribution < -0.4 is 14.8 Å². The first-order valence-electron chi connectivity index (χ1n) is 5.48. The second-order valence-electron chi connectivity index (χ2n) is 4.29. The van der Waals surface area contributed by atoms with Crippen molar-refractivity contribution in [2.75, 3.05) is 6.61 Å². The van der Waals surface area contributed by atoms with E-state index in [0.29, 0.717) is 0 Å². The van der Waals surface area contributed by atoms with Gasteiger partial charge in [0.1, 0.15) is 6.04 Å². The van der Waals surface area contributed by atoms with E-state index in [0.717, 1.165) is 18.2 Å². The van der Waals surface area contributed by atoms with Crippen molar-refractivity contribution >= 4 is 6.09 Å². The smallest absolute Gasteiger partial charge is 0.443 e. The Balaban J connectivity index is 1.94. The maximum Gasteiger partial charge on any atom is 0.586 e. The fourth-order valence-electron chi connectivity index (χ4n) is 1.98. The van der Waals surface area contributed by atoms with Crippen LogP contribution in [0, 0.1) is 0 Å². The molecule has 1 amide bonds. The first kappa shape index (κ1) is 12.8. The minimum absolute atomic E-state index is 0.0910. The first-order chi connectivity index (χ1) is 9.27. The van der Waals surface area contributed by atoms with Crippen LogP contribution in [0.25, 0.3) is 0 Å². The maximum atomic E-state index is 13.7. The highest BCUT2D eigenvalue weighted by Gasteiger charge is 2.48. The van der Waals surface area contributed by atoms with Crippen molar-refractivity contribution in [3.8, 4) is 11.5 Å². The molecule has 0 aliphatic carbocycles. The molecule has 1 aromatic rings. The fourth-order valence-corrected chi connectivity index (χ4v) is 1.98. The molecule has 1 saturated heterocycles. The molecule has 0 spiro atoms. The number of amides is 1. The zero-order valence-electron chi connectivity index (χ0n) is 9.66. The van der Waals surface area contributed by atoms with Gasteiger partial charge < -0.3 is 19.5 Å². The molecule has 1 atom stereocenters. The quantitative estimate of drug-likeness (QED) is 0.808. The number of fused-ring (bicyclic) bond motifs is 1. The summed E-state index contributed by atoms with van der Waals surface area (Å²) >= 11 is 0. The third-order valence-electron chi connectivity index (χ3n) is 2.84. The molecule has 0 saturated carbocycles. The van der Waals surface area contributed by atoms with Crippen LogP contribution in [0.3, 0.4) is 0 Å². The lowest BCUT2D eigenvalue weighted by molar-refractivity contribution is -0.286. The van der Waals surface area contributed by atoms with Gasteiger partial charge in [0, 0.05) is 0 Å². The SMILES string of the molecule is O=C1N[C@H](c2ccc3c(c2)OC(F)(F)O3)C(F)(F)CO1. The van der Waals surface area contributed by atoms with E-state index in [2.05, 4.69) is 14.2 Å². The molecule has 0 radical (unpaired) electrons. The topological polar surface area (TPSA) is 56.8 Å². The molecular weight excluding hydrogens is 286 g/mol. The monoisotopic (exact) mass is 293 g/mol. The number of hydrogen-bond acceptors (Lipinski definition) is 4. The molecule has 20 heavy (non-hydrogen) atoms. The van der Waals surface area contributed by atoms with Crippen LogP contribution in [-0.4, -0.2) is 24.9 Å². The van der Waals surface area contributed by atoms with Crippen molar-refractivity contribution in [1.29, 1.82) is 0 Å². The largest absolute Gasteiger partial charge is 0.586 e. The van der Waals surface area contributed by atoms with Gasteiger partial charge in [0.05, 0.1) is 0 Å². The number of ether oxygens (including phenoxy) is 3. The van der Waals surface area contributed by atoms with Gasteiger partial charge >= 0.3 is 18.3 Å². The van der Waals surface area contributed by atoms with Crippen molar-refractivity contribution in [1.82, 2.24) is 5.32 Å². The third kappa shape index (κ3) is 2.08. The zero-order valence-corrected chi connectivity index (χ0v) is 9.66. The zero-order chi connectivity index (χ0) is 14.5. The molecule has 1 fully saturated rings. The molecule has 2 heterocycles. The van der Waals surface area contributed by atoms with Gasteiger partial charge in [-0.3, -0.25) is 0 Å². The number of cyclic esters (lactones) is 1. The standard InChI is InChI=1S/C11H7F4NO4/c12-10(13)4-18-9(17)16-8(10)5-1-2-6-7(3-5)20-11(14,15)19-6/h1-3,8H,4H2,(H,16,17)/t8-/m1/s1. The summed E-state index contributed by atoms with van der Waals surface area (Å²) in [6, 6.07) is 1.50. The summed E-state index contributed by atoms with van der Waals surface area (Å²) in [6.07, 6.45) is -4.84. The summed E-state index contributed by atoms with van der Waals surface area (Å²) in [5.41, 5.74) is -0.0910. The summed E-state index contributed by atoms with van der Waals surface area (Å²) in [5, 5.41) is 1.94. The summed E-state index contributed by atoms with van der Waals surface area (Å²) < 4.78 is 65.6. The van der Waals surface area contributed by atoms with E-state index in [1.165, 1.54) is 0 Å². The molecule has 108 valence electrons. The summed E-state index contributed by atoms with van der Waals surface area (Å²) in [4.78, 5) is 11.0. The Labute approximate surface area is 109 Å². The van der Waals surface area contributed by atoms with Gasteiger partial charge in [-0.2, -0.15) is 0 Å². The van der Waals surface area contributed by atoms with Crippen LogP contribution >= 0.6 is 0 Å². The van der Waals surface area contributed by atoms with Gasteiger partial charge in [-0.1, -0.05) is 6.07 Å². The van der Waals surface area contributed by atoms with E-state index >= 15 is 0 Å². The predicted molar refractivity (Wildman–Crippen MR) is 54.8 cm³/mol. The van der Waals surface area contributed by atoms with Crippen LogP contribution in [-0.2, 0) is 4.74 Å². The van der Waals surface area contributed by atoms with E-state index in [1.54, 1.807) is 0 Å². The minimum atomic E-state index is -3.83. The molecule has 3 rings (SSSR count). The molecule has 9 heteroatoms. The van der Waals surface area contributed by atoms with Gasteiger partial charge in [0.25, 0.3) is 0 Å². The Kier molecular flexibility index (Phi) is 2.50. The van der Waals surface area contributed by atoms with E-state index in [-0.39, 0.29) is 17.1 Å². The number of benzene rings is 1. The lowest BCUT2D eigenvalue weighted by atomic mass is 9.99. The highest BCUT2D eigenvalue weighted by molar-refractivity contribution is 5.69. The Morgan fingerprint density at radius 3 is 2.60 bits per heavy atom. The number of rotatable bonds is 1. The number of halogens is 4. The normalized spacial score (nSPS) is 25.8. The van der Waals surface area contributed by atoms with Gasteiger partial charge in [-0.15, -0.1) is 8.78 Å². The summed E-state index contributed by atoms with van der Waals surface area (Å²) in [7, 11) is 0. The Bertz CT molecular complexity index is 578. The molecule has 1 aromatic carbocycles. The minimum Gasteiger partial charge on any atom is -0.443 e. The molecular formula is C11H7F4NO4. The highest BCUT2D eigenvalue weighted by atomic mass is 19.3. The average molecular weight is 293 g/mol. The summed E-state index contributed by atoms with van der Waals surface area (Å²) in [5.74, 6) is -4.01. The number of alkyl halides is 4. The molecule has 2 aliphatic heterocycles. The number of alkyl carbamates (subject to hydrolysis) is 1. The number of nitrogens with one attached hydrogen (secondary N) is 1. The molecule has 0 bridgehead atoms. The molecule has 5 nitrogen and oxygen atoms in total. The Morgan fingerprint density at radius 1 is 1.15 bits per heavy atom. The molecule has 0 aromatic heterocycles. The van der Waals surface area contributed by atoms with Crippen LogP contribution in [0.5, 0.6) is 11.5 Å². The average Bonchev–Trinajstić information content (AvgIpc) is 2.65. The number of carbonyl (C=O) groups excluding carboxylic acids is 1. The van der Waals surface area contributed by atoms with Crippen molar-refractivity contribution in [2.24, 2.45) is 0 Å². The number of carbonyl (C=O) groups is 1. The molecule has 1 N–H and O–H groups in total. The number of hydrogen-bond donors (Lipinski definition) is 1. The maximum absolute atomic E-state index is 13.7.